The molecule has 0 atom stereocenters. The van der Waals surface area contributed by atoms with Crippen LogP contribution in [0.5, 0.6) is 0 Å². The van der Waals surface area contributed by atoms with Crippen molar-refractivity contribution in [2.75, 3.05) is 12.4 Å². The van der Waals surface area contributed by atoms with E-state index in [4.69, 9.17) is 4.98 Å². The number of carbonyl (C=O) groups excluding carboxylic acids is 2. The average Bonchev–Trinajstić information content (AvgIpc) is 3.49. The first-order chi connectivity index (χ1) is 13.5. The summed E-state index contributed by atoms with van der Waals surface area (Å²) in [5.41, 5.74) is 4.43. The number of benzene rings is 1. The van der Waals surface area contributed by atoms with Crippen molar-refractivity contribution >= 4 is 28.5 Å². The Morgan fingerprint density at radius 2 is 2.00 bits per heavy atom. The SMILES string of the molecule is CNC(=O)Cc1ccccc1NC(=O)c1cc(C2CC2)nc2c1c(C)nn2C. The van der Waals surface area contributed by atoms with Gasteiger partial charge in [0.2, 0.25) is 5.91 Å². The fraction of sp³-hybridized carbons (Fsp3) is 0.333. The summed E-state index contributed by atoms with van der Waals surface area (Å²) in [7, 11) is 3.45. The van der Waals surface area contributed by atoms with E-state index in [2.05, 4.69) is 15.7 Å². The van der Waals surface area contributed by atoms with Crippen molar-refractivity contribution in [3.63, 3.8) is 0 Å². The van der Waals surface area contributed by atoms with Crippen molar-refractivity contribution in [3.8, 4) is 0 Å². The number of amides is 2. The molecule has 1 aliphatic carbocycles. The molecule has 1 aliphatic rings. The predicted molar refractivity (Wildman–Crippen MR) is 107 cm³/mol. The van der Waals surface area contributed by atoms with Crippen LogP contribution in [0.2, 0.25) is 0 Å². The zero-order chi connectivity index (χ0) is 19.8. The molecule has 7 nitrogen and oxygen atoms in total. The fourth-order valence-electron chi connectivity index (χ4n) is 3.48. The molecular weight excluding hydrogens is 354 g/mol. The molecule has 0 bridgehead atoms. The lowest BCUT2D eigenvalue weighted by atomic mass is 10.1. The molecule has 0 radical (unpaired) electrons. The molecule has 144 valence electrons. The molecule has 7 heteroatoms. The van der Waals surface area contributed by atoms with Gasteiger partial charge in [0, 0.05) is 31.4 Å². The van der Waals surface area contributed by atoms with Crippen molar-refractivity contribution in [1.82, 2.24) is 20.1 Å². The fourth-order valence-corrected chi connectivity index (χ4v) is 3.48. The molecule has 3 aromatic rings. The number of pyridine rings is 1. The van der Waals surface area contributed by atoms with E-state index in [1.54, 1.807) is 11.7 Å². The van der Waals surface area contributed by atoms with Gasteiger partial charge in [-0.25, -0.2) is 4.98 Å². The van der Waals surface area contributed by atoms with Gasteiger partial charge in [-0.1, -0.05) is 18.2 Å². The zero-order valence-corrected chi connectivity index (χ0v) is 16.2. The van der Waals surface area contributed by atoms with Crippen LogP contribution in [0.3, 0.4) is 0 Å². The van der Waals surface area contributed by atoms with Crippen molar-refractivity contribution in [2.24, 2.45) is 7.05 Å². The number of carbonyl (C=O) groups is 2. The van der Waals surface area contributed by atoms with Crippen LogP contribution in [0.15, 0.2) is 30.3 Å². The Morgan fingerprint density at radius 3 is 2.71 bits per heavy atom. The number of nitrogens with one attached hydrogen (secondary N) is 2. The van der Waals surface area contributed by atoms with Crippen molar-refractivity contribution in [1.29, 1.82) is 0 Å². The summed E-state index contributed by atoms with van der Waals surface area (Å²) in [6.45, 7) is 1.89. The van der Waals surface area contributed by atoms with Crippen LogP contribution >= 0.6 is 0 Å². The number of hydrogen-bond donors (Lipinski definition) is 2. The van der Waals surface area contributed by atoms with Crippen LogP contribution in [-0.4, -0.2) is 33.6 Å². The van der Waals surface area contributed by atoms with Crippen molar-refractivity contribution in [3.05, 3.63) is 52.8 Å². The number of fused-ring (bicyclic) bond motifs is 1. The zero-order valence-electron chi connectivity index (χ0n) is 16.2. The Labute approximate surface area is 163 Å². The highest BCUT2D eigenvalue weighted by Gasteiger charge is 2.28. The monoisotopic (exact) mass is 377 g/mol. The van der Waals surface area contributed by atoms with Gasteiger partial charge in [0.1, 0.15) is 0 Å². The molecule has 2 N–H and O–H groups in total. The molecule has 1 fully saturated rings. The molecule has 0 saturated heterocycles. The molecule has 2 aromatic heterocycles. The number of likely N-dealkylation sites (N-methyl/N-ethyl adjacent to an activating group) is 1. The number of hydrogen-bond acceptors (Lipinski definition) is 4. The number of aryl methyl sites for hydroxylation is 2. The number of rotatable bonds is 5. The van der Waals surface area contributed by atoms with Gasteiger partial charge in [-0.05, 0) is 37.5 Å². The van der Waals surface area contributed by atoms with Crippen LogP contribution in [0.4, 0.5) is 5.69 Å². The topological polar surface area (TPSA) is 88.9 Å². The van der Waals surface area contributed by atoms with Crippen LogP contribution in [0.25, 0.3) is 11.0 Å². The van der Waals surface area contributed by atoms with Crippen LogP contribution in [0, 0.1) is 6.92 Å². The van der Waals surface area contributed by atoms with Gasteiger partial charge in [0.05, 0.1) is 23.1 Å². The largest absolute Gasteiger partial charge is 0.359 e. The van der Waals surface area contributed by atoms with Crippen molar-refractivity contribution in [2.45, 2.75) is 32.1 Å². The molecule has 1 saturated carbocycles. The van der Waals surface area contributed by atoms with E-state index in [1.165, 1.54) is 0 Å². The first-order valence-electron chi connectivity index (χ1n) is 9.42. The van der Waals surface area contributed by atoms with Gasteiger partial charge in [0.25, 0.3) is 5.91 Å². The molecule has 2 heterocycles. The third-order valence-corrected chi connectivity index (χ3v) is 5.12. The molecule has 0 unspecified atom stereocenters. The number of para-hydroxylation sites is 1. The Hall–Kier alpha value is -3.22. The quantitative estimate of drug-likeness (QED) is 0.715. The Bertz CT molecular complexity index is 1080. The summed E-state index contributed by atoms with van der Waals surface area (Å²) in [5.74, 6) is 0.105. The second-order valence-electron chi connectivity index (χ2n) is 7.24. The summed E-state index contributed by atoms with van der Waals surface area (Å²) in [4.78, 5) is 29.8. The minimum atomic E-state index is -0.213. The molecule has 0 aliphatic heterocycles. The minimum Gasteiger partial charge on any atom is -0.359 e. The molecular formula is C21H23N5O2. The lowest BCUT2D eigenvalue weighted by Gasteiger charge is -2.12. The van der Waals surface area contributed by atoms with E-state index in [-0.39, 0.29) is 18.2 Å². The normalized spacial score (nSPS) is 13.5. The van der Waals surface area contributed by atoms with Gasteiger partial charge in [-0.3, -0.25) is 14.3 Å². The van der Waals surface area contributed by atoms with E-state index in [9.17, 15) is 9.59 Å². The highest BCUT2D eigenvalue weighted by Crippen LogP contribution is 2.40. The first kappa shape index (κ1) is 18.2. The van der Waals surface area contributed by atoms with Crippen LogP contribution in [-0.2, 0) is 18.3 Å². The Kier molecular flexibility index (Phi) is 4.58. The highest BCUT2D eigenvalue weighted by atomic mass is 16.2. The minimum absolute atomic E-state index is 0.105. The summed E-state index contributed by atoms with van der Waals surface area (Å²) in [6.07, 6.45) is 2.41. The number of aromatic nitrogens is 3. The lowest BCUT2D eigenvalue weighted by Crippen LogP contribution is -2.21. The van der Waals surface area contributed by atoms with Gasteiger partial charge < -0.3 is 10.6 Å². The number of anilines is 1. The van der Waals surface area contributed by atoms with E-state index in [1.807, 2.05) is 44.3 Å². The standard InChI is InChI=1S/C21H23N5O2/c1-12-19-15(11-17(13-8-9-13)23-20(19)26(3)25-12)21(28)24-16-7-5-4-6-14(16)10-18(27)22-2/h4-7,11,13H,8-10H2,1-3H3,(H,22,27)(H,24,28). The molecule has 28 heavy (non-hydrogen) atoms. The summed E-state index contributed by atoms with van der Waals surface area (Å²) in [6, 6.07) is 9.25. The van der Waals surface area contributed by atoms with Gasteiger partial charge in [-0.2, -0.15) is 5.10 Å². The molecule has 0 spiro atoms. The van der Waals surface area contributed by atoms with Crippen molar-refractivity contribution < 1.29 is 9.59 Å². The summed E-state index contributed by atoms with van der Waals surface area (Å²) < 4.78 is 1.73. The average molecular weight is 377 g/mol. The van der Waals surface area contributed by atoms with Crippen LogP contribution < -0.4 is 10.6 Å². The summed E-state index contributed by atoms with van der Waals surface area (Å²) >= 11 is 0. The van der Waals surface area contributed by atoms with Gasteiger partial charge in [0.15, 0.2) is 5.65 Å². The Balaban J connectivity index is 1.73. The van der Waals surface area contributed by atoms with E-state index in [0.717, 1.165) is 40.8 Å². The van der Waals surface area contributed by atoms with E-state index < -0.39 is 0 Å². The highest BCUT2D eigenvalue weighted by molar-refractivity contribution is 6.13. The Morgan fingerprint density at radius 1 is 1.25 bits per heavy atom. The molecule has 2 amide bonds. The maximum absolute atomic E-state index is 13.2. The third kappa shape index (κ3) is 3.35. The second kappa shape index (κ2) is 7.07. The predicted octanol–water partition coefficient (Wildman–Crippen LogP) is 2.69. The molecule has 4 rings (SSSR count). The third-order valence-electron chi connectivity index (χ3n) is 5.12. The maximum atomic E-state index is 13.2. The smallest absolute Gasteiger partial charge is 0.256 e. The second-order valence-corrected chi connectivity index (χ2v) is 7.24. The number of nitrogens with zero attached hydrogens (tertiary/aromatic N) is 3. The van der Waals surface area contributed by atoms with Gasteiger partial charge >= 0.3 is 0 Å². The molecule has 1 aromatic carbocycles. The van der Waals surface area contributed by atoms with Crippen LogP contribution in [0.1, 0.15) is 46.1 Å². The first-order valence-corrected chi connectivity index (χ1v) is 9.42. The summed E-state index contributed by atoms with van der Waals surface area (Å²) in [5, 5.41) is 10.8. The van der Waals surface area contributed by atoms with Gasteiger partial charge in [-0.15, -0.1) is 0 Å². The maximum Gasteiger partial charge on any atom is 0.256 e. The van der Waals surface area contributed by atoms with E-state index in [0.29, 0.717) is 17.2 Å². The van der Waals surface area contributed by atoms with E-state index >= 15 is 0 Å². The lowest BCUT2D eigenvalue weighted by molar-refractivity contribution is -0.119.